The number of rotatable bonds is 3. The number of amides is 1. The van der Waals surface area contributed by atoms with Gasteiger partial charge in [-0.1, -0.05) is 29.8 Å². The van der Waals surface area contributed by atoms with Crippen molar-refractivity contribution in [2.75, 3.05) is 0 Å². The fourth-order valence-corrected chi connectivity index (χ4v) is 2.24. The highest BCUT2D eigenvalue weighted by Gasteiger charge is 2.18. The van der Waals surface area contributed by atoms with Crippen molar-refractivity contribution < 1.29 is 9.21 Å². The maximum absolute atomic E-state index is 12.2. The van der Waals surface area contributed by atoms with E-state index >= 15 is 0 Å². The normalized spacial score (nSPS) is 10.5. The minimum absolute atomic E-state index is 0.133. The van der Waals surface area contributed by atoms with Crippen molar-refractivity contribution in [3.63, 3.8) is 0 Å². The summed E-state index contributed by atoms with van der Waals surface area (Å²) in [6, 6.07) is 7.46. The van der Waals surface area contributed by atoms with Gasteiger partial charge in [0.15, 0.2) is 0 Å². The second-order valence-corrected chi connectivity index (χ2v) is 4.90. The zero-order valence-electron chi connectivity index (χ0n) is 11.2. The Bertz CT molecular complexity index is 617. The summed E-state index contributed by atoms with van der Waals surface area (Å²) in [6.07, 6.45) is 0. The Kier molecular flexibility index (Phi) is 3.96. The Labute approximate surface area is 117 Å². The van der Waals surface area contributed by atoms with Gasteiger partial charge >= 0.3 is 0 Å². The number of hydrogen-bond acceptors (Lipinski definition) is 2. The standard InChI is InChI=1S/C15H16ClNO2/c1-9-10(2)19-11(3)14(9)15(18)17-8-12-6-4-5-7-13(12)16/h4-7H,8H2,1-3H3,(H,17,18). The van der Waals surface area contributed by atoms with E-state index in [0.717, 1.165) is 16.9 Å². The molecule has 19 heavy (non-hydrogen) atoms. The molecule has 0 radical (unpaired) electrons. The predicted octanol–water partition coefficient (Wildman–Crippen LogP) is 3.79. The molecule has 0 aliphatic carbocycles. The zero-order chi connectivity index (χ0) is 14.0. The quantitative estimate of drug-likeness (QED) is 0.927. The molecule has 1 aromatic heterocycles. The molecule has 1 aromatic carbocycles. The molecule has 3 nitrogen and oxygen atoms in total. The first-order valence-corrected chi connectivity index (χ1v) is 6.46. The van der Waals surface area contributed by atoms with Gasteiger partial charge in [-0.05, 0) is 32.4 Å². The number of carbonyl (C=O) groups is 1. The van der Waals surface area contributed by atoms with Gasteiger partial charge in [0.05, 0.1) is 5.56 Å². The van der Waals surface area contributed by atoms with Gasteiger partial charge in [0.2, 0.25) is 0 Å². The van der Waals surface area contributed by atoms with E-state index in [1.807, 2.05) is 38.1 Å². The Morgan fingerprint density at radius 2 is 1.89 bits per heavy atom. The average molecular weight is 278 g/mol. The molecule has 100 valence electrons. The van der Waals surface area contributed by atoms with Crippen LogP contribution in [0.3, 0.4) is 0 Å². The fraction of sp³-hybridized carbons (Fsp3) is 0.267. The largest absolute Gasteiger partial charge is 0.466 e. The van der Waals surface area contributed by atoms with Crippen molar-refractivity contribution in [1.29, 1.82) is 0 Å². The highest BCUT2D eigenvalue weighted by molar-refractivity contribution is 6.31. The van der Waals surface area contributed by atoms with Gasteiger partial charge in [0.1, 0.15) is 11.5 Å². The molecule has 0 unspecified atom stereocenters. The van der Waals surface area contributed by atoms with Gasteiger partial charge in [-0.25, -0.2) is 0 Å². The van der Waals surface area contributed by atoms with Gasteiger partial charge in [0.25, 0.3) is 5.91 Å². The number of hydrogen-bond donors (Lipinski definition) is 1. The van der Waals surface area contributed by atoms with Crippen LogP contribution in [0.2, 0.25) is 5.02 Å². The highest BCUT2D eigenvalue weighted by Crippen LogP contribution is 2.21. The van der Waals surface area contributed by atoms with E-state index in [1.165, 1.54) is 0 Å². The smallest absolute Gasteiger partial charge is 0.255 e. The molecule has 0 atom stereocenters. The molecule has 1 amide bonds. The van der Waals surface area contributed by atoms with E-state index in [9.17, 15) is 4.79 Å². The second-order valence-electron chi connectivity index (χ2n) is 4.49. The number of furan rings is 1. The summed E-state index contributed by atoms with van der Waals surface area (Å²) >= 11 is 6.05. The summed E-state index contributed by atoms with van der Waals surface area (Å²) in [5.41, 5.74) is 2.40. The molecule has 0 saturated carbocycles. The molecule has 2 aromatic rings. The van der Waals surface area contributed by atoms with E-state index in [0.29, 0.717) is 22.9 Å². The first-order valence-electron chi connectivity index (χ1n) is 6.09. The monoisotopic (exact) mass is 277 g/mol. The van der Waals surface area contributed by atoms with Gasteiger partial charge in [-0.3, -0.25) is 4.79 Å². The molecule has 2 rings (SSSR count). The lowest BCUT2D eigenvalue weighted by atomic mass is 10.1. The number of nitrogens with one attached hydrogen (secondary N) is 1. The Balaban J connectivity index is 2.12. The minimum Gasteiger partial charge on any atom is -0.466 e. The lowest BCUT2D eigenvalue weighted by Gasteiger charge is -2.07. The molecular formula is C15H16ClNO2. The molecular weight excluding hydrogens is 262 g/mol. The van der Waals surface area contributed by atoms with Crippen LogP contribution in [0.4, 0.5) is 0 Å². The van der Waals surface area contributed by atoms with Crippen LogP contribution in [0.5, 0.6) is 0 Å². The summed E-state index contributed by atoms with van der Waals surface area (Å²) in [5, 5.41) is 3.52. The van der Waals surface area contributed by atoms with Crippen molar-refractivity contribution >= 4 is 17.5 Å². The van der Waals surface area contributed by atoms with Crippen molar-refractivity contribution in [2.24, 2.45) is 0 Å². The van der Waals surface area contributed by atoms with Gasteiger partial charge in [-0.2, -0.15) is 0 Å². The molecule has 1 N–H and O–H groups in total. The summed E-state index contributed by atoms with van der Waals surface area (Å²) in [7, 11) is 0. The molecule has 4 heteroatoms. The number of halogens is 1. The van der Waals surface area contributed by atoms with Gasteiger partial charge in [0, 0.05) is 17.1 Å². The van der Waals surface area contributed by atoms with Crippen LogP contribution in [0.25, 0.3) is 0 Å². The lowest BCUT2D eigenvalue weighted by molar-refractivity contribution is 0.0949. The molecule has 0 bridgehead atoms. The lowest BCUT2D eigenvalue weighted by Crippen LogP contribution is -2.23. The molecule has 0 aliphatic rings. The molecule has 1 heterocycles. The van der Waals surface area contributed by atoms with Crippen molar-refractivity contribution in [1.82, 2.24) is 5.32 Å². The van der Waals surface area contributed by atoms with Crippen LogP contribution in [0, 0.1) is 20.8 Å². The van der Waals surface area contributed by atoms with Crippen LogP contribution in [0.1, 0.15) is 33.0 Å². The third-order valence-corrected chi connectivity index (χ3v) is 3.55. The summed E-state index contributed by atoms with van der Waals surface area (Å²) in [5.74, 6) is 1.29. The summed E-state index contributed by atoms with van der Waals surface area (Å²) in [4.78, 5) is 12.2. The van der Waals surface area contributed by atoms with E-state index < -0.39 is 0 Å². The molecule has 0 fully saturated rings. The number of aryl methyl sites for hydroxylation is 2. The van der Waals surface area contributed by atoms with Gasteiger partial charge < -0.3 is 9.73 Å². The van der Waals surface area contributed by atoms with Crippen molar-refractivity contribution in [2.45, 2.75) is 27.3 Å². The molecule has 0 saturated heterocycles. The van der Waals surface area contributed by atoms with Gasteiger partial charge in [-0.15, -0.1) is 0 Å². The first kappa shape index (κ1) is 13.7. The SMILES string of the molecule is Cc1oc(C)c(C(=O)NCc2ccccc2Cl)c1C. The number of carbonyl (C=O) groups excluding carboxylic acids is 1. The van der Waals surface area contributed by atoms with E-state index in [4.69, 9.17) is 16.0 Å². The molecule has 0 spiro atoms. The maximum atomic E-state index is 12.2. The predicted molar refractivity (Wildman–Crippen MR) is 75.5 cm³/mol. The van der Waals surface area contributed by atoms with Crippen LogP contribution in [0.15, 0.2) is 28.7 Å². The maximum Gasteiger partial charge on any atom is 0.255 e. The second kappa shape index (κ2) is 5.49. The van der Waals surface area contributed by atoms with Crippen LogP contribution < -0.4 is 5.32 Å². The Morgan fingerprint density at radius 1 is 1.21 bits per heavy atom. The Hall–Kier alpha value is -1.74. The van der Waals surface area contributed by atoms with E-state index in [1.54, 1.807) is 6.92 Å². The van der Waals surface area contributed by atoms with Crippen LogP contribution in [-0.2, 0) is 6.54 Å². The summed E-state index contributed by atoms with van der Waals surface area (Å²) < 4.78 is 5.46. The first-order chi connectivity index (χ1) is 9.00. The topological polar surface area (TPSA) is 42.2 Å². The van der Waals surface area contributed by atoms with E-state index in [2.05, 4.69) is 5.32 Å². The highest BCUT2D eigenvalue weighted by atomic mass is 35.5. The molecule has 0 aliphatic heterocycles. The summed E-state index contributed by atoms with van der Waals surface area (Å²) in [6.45, 7) is 5.94. The van der Waals surface area contributed by atoms with E-state index in [-0.39, 0.29) is 5.91 Å². The Morgan fingerprint density at radius 3 is 2.47 bits per heavy atom. The number of benzene rings is 1. The minimum atomic E-state index is -0.133. The zero-order valence-corrected chi connectivity index (χ0v) is 12.0. The van der Waals surface area contributed by atoms with Crippen LogP contribution >= 0.6 is 11.6 Å². The van der Waals surface area contributed by atoms with Crippen molar-refractivity contribution in [3.8, 4) is 0 Å². The third-order valence-electron chi connectivity index (χ3n) is 3.19. The fourth-order valence-electron chi connectivity index (χ4n) is 2.03. The van der Waals surface area contributed by atoms with Crippen LogP contribution in [-0.4, -0.2) is 5.91 Å². The average Bonchev–Trinajstić information content (AvgIpc) is 2.62. The third kappa shape index (κ3) is 2.82. The van der Waals surface area contributed by atoms with Crippen molar-refractivity contribution in [3.05, 3.63) is 57.5 Å².